The van der Waals surface area contributed by atoms with Crippen LogP contribution in [0.4, 0.5) is 17.1 Å². The van der Waals surface area contributed by atoms with Gasteiger partial charge in [0.25, 0.3) is 0 Å². The Labute approximate surface area is 323 Å². The summed E-state index contributed by atoms with van der Waals surface area (Å²) < 4.78 is 5.03. The highest BCUT2D eigenvalue weighted by Gasteiger charge is 2.20. The van der Waals surface area contributed by atoms with E-state index >= 15 is 0 Å². The highest BCUT2D eigenvalue weighted by Crippen LogP contribution is 2.45. The van der Waals surface area contributed by atoms with E-state index in [-0.39, 0.29) is 0 Å². The van der Waals surface area contributed by atoms with Gasteiger partial charge < -0.3 is 9.47 Å². The van der Waals surface area contributed by atoms with Gasteiger partial charge in [0.15, 0.2) is 0 Å². The predicted octanol–water partition coefficient (Wildman–Crippen LogP) is 15.1. The van der Waals surface area contributed by atoms with Crippen molar-refractivity contribution in [1.29, 1.82) is 0 Å². The Balaban J connectivity index is 1.09. The fourth-order valence-electron chi connectivity index (χ4n) is 8.42. The van der Waals surface area contributed by atoms with Crippen molar-refractivity contribution in [3.63, 3.8) is 0 Å². The average Bonchev–Trinajstić information content (AvgIpc) is 3.80. The third kappa shape index (κ3) is 5.24. The molecule has 9 aromatic carbocycles. The van der Waals surface area contributed by atoms with Crippen molar-refractivity contribution < 1.29 is 0 Å². The monoisotopic (exact) mass is 718 g/mol. The smallest absolute Gasteiger partial charge is 0.0619 e. The summed E-state index contributed by atoms with van der Waals surface area (Å²) in [5.74, 6) is 0. The van der Waals surface area contributed by atoms with Gasteiger partial charge in [-0.15, -0.1) is 11.3 Å². The molecule has 2 nitrogen and oxygen atoms in total. The topological polar surface area (TPSA) is 8.17 Å². The van der Waals surface area contributed by atoms with E-state index in [1.165, 1.54) is 75.0 Å². The summed E-state index contributed by atoms with van der Waals surface area (Å²) in [6, 6.07) is 75.2. The third-order valence-corrected chi connectivity index (χ3v) is 12.1. The summed E-state index contributed by atoms with van der Waals surface area (Å²) in [7, 11) is 0. The van der Waals surface area contributed by atoms with Crippen LogP contribution < -0.4 is 4.90 Å². The number of hydrogen-bond donors (Lipinski definition) is 0. The molecule has 0 saturated carbocycles. The van der Waals surface area contributed by atoms with Crippen LogP contribution in [-0.4, -0.2) is 4.57 Å². The molecule has 2 aromatic heterocycles. The van der Waals surface area contributed by atoms with Crippen LogP contribution in [0.15, 0.2) is 206 Å². The fourth-order valence-corrected chi connectivity index (χ4v) is 9.55. The standard InChI is InChI=1S/C52H34N2S/c1-2-12-35(13-3-1)36-22-24-38(25-23-36)42-15-6-9-19-48(42)53(41-31-33-46-45-18-8-11-21-50(45)55-51(46)34-41)39-27-29-40(30-28-39)54-49-20-10-7-17-44(49)47-32-26-37-14-4-5-16-43(37)52(47)54/h1-34H. The van der Waals surface area contributed by atoms with Crippen molar-refractivity contribution in [2.75, 3.05) is 4.90 Å². The molecule has 258 valence electrons. The molecule has 55 heavy (non-hydrogen) atoms. The minimum Gasteiger partial charge on any atom is -0.310 e. The van der Waals surface area contributed by atoms with E-state index in [4.69, 9.17) is 0 Å². The second-order valence-corrected chi connectivity index (χ2v) is 15.2. The van der Waals surface area contributed by atoms with Crippen LogP contribution in [0.3, 0.4) is 0 Å². The Morgan fingerprint density at radius 3 is 1.85 bits per heavy atom. The Hall–Kier alpha value is -6.94. The van der Waals surface area contributed by atoms with E-state index in [2.05, 4.69) is 216 Å². The van der Waals surface area contributed by atoms with Crippen LogP contribution in [0.5, 0.6) is 0 Å². The van der Waals surface area contributed by atoms with Crippen LogP contribution in [0.2, 0.25) is 0 Å². The maximum absolute atomic E-state index is 2.44. The molecule has 0 N–H and O–H groups in total. The second kappa shape index (κ2) is 12.9. The lowest BCUT2D eigenvalue weighted by Gasteiger charge is -2.28. The zero-order chi connectivity index (χ0) is 36.3. The molecule has 2 heterocycles. The maximum Gasteiger partial charge on any atom is 0.0619 e. The number of anilines is 3. The molecular formula is C52H34N2S. The Morgan fingerprint density at radius 1 is 0.382 bits per heavy atom. The normalized spacial score (nSPS) is 11.6. The first kappa shape index (κ1) is 31.6. The third-order valence-electron chi connectivity index (χ3n) is 11.0. The van der Waals surface area contributed by atoms with Gasteiger partial charge in [-0.25, -0.2) is 0 Å². The van der Waals surface area contributed by atoms with Gasteiger partial charge in [-0.1, -0.05) is 152 Å². The number of fused-ring (bicyclic) bond motifs is 8. The number of hydrogen-bond acceptors (Lipinski definition) is 2. The van der Waals surface area contributed by atoms with E-state index < -0.39 is 0 Å². The summed E-state index contributed by atoms with van der Waals surface area (Å²) in [5.41, 5.74) is 11.7. The van der Waals surface area contributed by atoms with Crippen LogP contribution >= 0.6 is 11.3 Å². The first-order valence-electron chi connectivity index (χ1n) is 18.8. The maximum atomic E-state index is 2.44. The largest absolute Gasteiger partial charge is 0.310 e. The minimum atomic E-state index is 1.10. The van der Waals surface area contributed by atoms with E-state index in [1.54, 1.807) is 0 Å². The van der Waals surface area contributed by atoms with Crippen LogP contribution in [0.25, 0.3) is 80.7 Å². The number of aromatic nitrogens is 1. The van der Waals surface area contributed by atoms with E-state index in [9.17, 15) is 0 Å². The van der Waals surface area contributed by atoms with Gasteiger partial charge in [0.1, 0.15) is 0 Å². The summed E-state index contributed by atoms with van der Waals surface area (Å²) in [4.78, 5) is 2.43. The molecule has 0 saturated heterocycles. The Morgan fingerprint density at radius 2 is 1.00 bits per heavy atom. The molecule has 11 aromatic rings. The molecule has 0 fully saturated rings. The van der Waals surface area contributed by atoms with Gasteiger partial charge in [0.05, 0.1) is 16.7 Å². The first-order chi connectivity index (χ1) is 27.3. The summed E-state index contributed by atoms with van der Waals surface area (Å²) in [5, 5.41) is 7.63. The van der Waals surface area contributed by atoms with Crippen LogP contribution in [0.1, 0.15) is 0 Å². The van der Waals surface area contributed by atoms with E-state index in [0.717, 1.165) is 22.7 Å². The highest BCUT2D eigenvalue weighted by atomic mass is 32.1. The molecule has 0 bridgehead atoms. The van der Waals surface area contributed by atoms with Crippen LogP contribution in [-0.2, 0) is 0 Å². The minimum absolute atomic E-state index is 1.10. The molecule has 0 radical (unpaired) electrons. The van der Waals surface area contributed by atoms with Gasteiger partial charge >= 0.3 is 0 Å². The number of para-hydroxylation sites is 2. The molecule has 0 unspecified atom stereocenters. The summed E-state index contributed by atoms with van der Waals surface area (Å²) in [6.07, 6.45) is 0. The van der Waals surface area contributed by atoms with Gasteiger partial charge in [0.2, 0.25) is 0 Å². The van der Waals surface area contributed by atoms with Gasteiger partial charge in [-0.2, -0.15) is 0 Å². The molecule has 0 aliphatic carbocycles. The molecular weight excluding hydrogens is 685 g/mol. The molecule has 0 amide bonds. The molecule has 11 rings (SSSR count). The second-order valence-electron chi connectivity index (χ2n) is 14.1. The predicted molar refractivity (Wildman–Crippen MR) is 237 cm³/mol. The van der Waals surface area contributed by atoms with E-state index in [1.807, 2.05) is 11.3 Å². The van der Waals surface area contributed by atoms with Gasteiger partial charge in [0, 0.05) is 59.0 Å². The molecule has 0 atom stereocenters. The number of thiophene rings is 1. The van der Waals surface area contributed by atoms with Crippen molar-refractivity contribution >= 4 is 81.1 Å². The summed E-state index contributed by atoms with van der Waals surface area (Å²) in [6.45, 7) is 0. The van der Waals surface area contributed by atoms with Crippen molar-refractivity contribution in [3.05, 3.63) is 206 Å². The van der Waals surface area contributed by atoms with Crippen LogP contribution in [0, 0.1) is 0 Å². The lowest BCUT2D eigenvalue weighted by Crippen LogP contribution is -2.11. The molecule has 0 spiro atoms. The highest BCUT2D eigenvalue weighted by molar-refractivity contribution is 7.25. The SMILES string of the molecule is c1ccc(-c2ccc(-c3ccccc3N(c3ccc(-n4c5ccccc5c5ccc6ccccc6c54)cc3)c3ccc4c(c3)sc3ccccc34)cc2)cc1. The van der Waals surface area contributed by atoms with Crippen molar-refractivity contribution in [2.45, 2.75) is 0 Å². The quantitative estimate of drug-likeness (QED) is 0.166. The number of benzene rings is 9. The fraction of sp³-hybridized carbons (Fsp3) is 0. The molecule has 3 heteroatoms. The zero-order valence-electron chi connectivity index (χ0n) is 29.9. The lowest BCUT2D eigenvalue weighted by molar-refractivity contribution is 1.18. The molecule has 0 aliphatic heterocycles. The number of rotatable bonds is 6. The van der Waals surface area contributed by atoms with Crippen molar-refractivity contribution in [2.24, 2.45) is 0 Å². The average molecular weight is 719 g/mol. The van der Waals surface area contributed by atoms with E-state index in [0.29, 0.717) is 0 Å². The van der Waals surface area contributed by atoms with Crippen molar-refractivity contribution in [3.8, 4) is 27.9 Å². The zero-order valence-corrected chi connectivity index (χ0v) is 30.7. The van der Waals surface area contributed by atoms with Crippen molar-refractivity contribution in [1.82, 2.24) is 4.57 Å². The number of nitrogens with zero attached hydrogens (tertiary/aromatic N) is 2. The lowest BCUT2D eigenvalue weighted by atomic mass is 9.98. The van der Waals surface area contributed by atoms with Gasteiger partial charge in [-0.05, 0) is 76.7 Å². The molecule has 0 aliphatic rings. The Bertz CT molecular complexity index is 3190. The Kier molecular flexibility index (Phi) is 7.39. The summed E-state index contributed by atoms with van der Waals surface area (Å²) >= 11 is 1.86. The van der Waals surface area contributed by atoms with Gasteiger partial charge in [-0.3, -0.25) is 0 Å². The first-order valence-corrected chi connectivity index (χ1v) is 19.6.